The Hall–Kier alpha value is -0.570. The molecule has 0 radical (unpaired) electrons. The molecule has 2 saturated heterocycles. The van der Waals surface area contributed by atoms with E-state index in [1.54, 1.807) is 0 Å². The molecule has 2 aliphatic rings. The van der Waals surface area contributed by atoms with Crippen LogP contribution >= 0.6 is 11.6 Å². The number of hydrogen-bond acceptors (Lipinski definition) is 2. The van der Waals surface area contributed by atoms with Crippen molar-refractivity contribution in [3.63, 3.8) is 0 Å². The minimum atomic E-state index is 0.426. The standard InChI is InChI=1S/C16H22ClNO/c1-2-3-14(11-4-6-12(17)7-5-11)18-15-10-13-8-9-16(15)19-13/h4-7,13-16,18H,2-3,8-10H2,1H3. The van der Waals surface area contributed by atoms with Gasteiger partial charge in [-0.25, -0.2) is 0 Å². The highest BCUT2D eigenvalue weighted by Gasteiger charge is 2.41. The van der Waals surface area contributed by atoms with Crippen molar-refractivity contribution in [1.29, 1.82) is 0 Å². The monoisotopic (exact) mass is 279 g/mol. The first-order chi connectivity index (χ1) is 9.26. The van der Waals surface area contributed by atoms with Crippen molar-refractivity contribution < 1.29 is 4.74 Å². The van der Waals surface area contributed by atoms with Crippen molar-refractivity contribution in [2.75, 3.05) is 0 Å². The Morgan fingerprint density at radius 1 is 1.32 bits per heavy atom. The lowest BCUT2D eigenvalue weighted by Crippen LogP contribution is -2.39. The van der Waals surface area contributed by atoms with Crippen molar-refractivity contribution >= 4 is 11.6 Å². The van der Waals surface area contributed by atoms with Crippen LogP contribution in [0.15, 0.2) is 24.3 Å². The fourth-order valence-electron chi connectivity index (χ4n) is 3.40. The zero-order valence-corrected chi connectivity index (χ0v) is 12.2. The molecular formula is C16H22ClNO. The maximum Gasteiger partial charge on any atom is 0.0733 e. The Morgan fingerprint density at radius 2 is 2.11 bits per heavy atom. The summed E-state index contributed by atoms with van der Waals surface area (Å²) >= 11 is 5.97. The van der Waals surface area contributed by atoms with Gasteiger partial charge in [-0.15, -0.1) is 0 Å². The van der Waals surface area contributed by atoms with E-state index in [1.165, 1.54) is 31.2 Å². The topological polar surface area (TPSA) is 21.3 Å². The van der Waals surface area contributed by atoms with E-state index in [9.17, 15) is 0 Å². The molecule has 0 amide bonds. The van der Waals surface area contributed by atoms with Gasteiger partial charge in [0.15, 0.2) is 0 Å². The lowest BCUT2D eigenvalue weighted by molar-refractivity contribution is 0.0958. The van der Waals surface area contributed by atoms with Gasteiger partial charge in [0.05, 0.1) is 12.2 Å². The molecule has 0 spiro atoms. The molecule has 0 saturated carbocycles. The number of ether oxygens (including phenoxy) is 1. The molecule has 2 fully saturated rings. The van der Waals surface area contributed by atoms with Crippen LogP contribution in [0, 0.1) is 0 Å². The quantitative estimate of drug-likeness (QED) is 0.876. The molecule has 0 aromatic heterocycles. The Kier molecular flexibility index (Phi) is 4.11. The minimum absolute atomic E-state index is 0.426. The molecule has 19 heavy (non-hydrogen) atoms. The number of fused-ring (bicyclic) bond motifs is 2. The van der Waals surface area contributed by atoms with Gasteiger partial charge in [0.1, 0.15) is 0 Å². The predicted molar refractivity (Wildman–Crippen MR) is 78.5 cm³/mol. The SMILES string of the molecule is CCCC(NC1CC2CCC1O2)c1ccc(Cl)cc1. The summed E-state index contributed by atoms with van der Waals surface area (Å²) in [7, 11) is 0. The summed E-state index contributed by atoms with van der Waals surface area (Å²) in [5.41, 5.74) is 1.34. The van der Waals surface area contributed by atoms with Crippen molar-refractivity contribution in [2.45, 2.75) is 63.3 Å². The maximum absolute atomic E-state index is 5.97. The van der Waals surface area contributed by atoms with Gasteiger partial charge in [-0.1, -0.05) is 37.1 Å². The van der Waals surface area contributed by atoms with Crippen molar-refractivity contribution in [2.24, 2.45) is 0 Å². The summed E-state index contributed by atoms with van der Waals surface area (Å²) < 4.78 is 5.94. The molecule has 3 rings (SSSR count). The van der Waals surface area contributed by atoms with Crippen LogP contribution in [0.4, 0.5) is 0 Å². The molecule has 0 aliphatic carbocycles. The molecule has 1 aromatic carbocycles. The minimum Gasteiger partial charge on any atom is -0.373 e. The highest BCUT2D eigenvalue weighted by atomic mass is 35.5. The highest BCUT2D eigenvalue weighted by Crippen LogP contribution is 2.36. The van der Waals surface area contributed by atoms with Gasteiger partial charge in [0.2, 0.25) is 0 Å². The zero-order valence-electron chi connectivity index (χ0n) is 11.4. The van der Waals surface area contributed by atoms with Crippen LogP contribution in [0.25, 0.3) is 0 Å². The van der Waals surface area contributed by atoms with Gasteiger partial charge in [-0.05, 0) is 43.4 Å². The Labute approximate surface area is 120 Å². The summed E-state index contributed by atoms with van der Waals surface area (Å²) in [6.45, 7) is 2.24. The van der Waals surface area contributed by atoms with Crippen LogP contribution in [0.3, 0.4) is 0 Å². The largest absolute Gasteiger partial charge is 0.373 e. The van der Waals surface area contributed by atoms with Crippen LogP contribution in [0.5, 0.6) is 0 Å². The van der Waals surface area contributed by atoms with E-state index < -0.39 is 0 Å². The van der Waals surface area contributed by atoms with Crippen LogP contribution in [-0.4, -0.2) is 18.2 Å². The number of benzene rings is 1. The first-order valence-corrected chi connectivity index (χ1v) is 7.81. The van der Waals surface area contributed by atoms with E-state index >= 15 is 0 Å². The Bertz CT molecular complexity index is 419. The second-order valence-corrected chi connectivity index (χ2v) is 6.21. The van der Waals surface area contributed by atoms with Gasteiger partial charge < -0.3 is 10.1 Å². The highest BCUT2D eigenvalue weighted by molar-refractivity contribution is 6.30. The number of halogens is 1. The summed E-state index contributed by atoms with van der Waals surface area (Å²) in [5, 5.41) is 4.62. The van der Waals surface area contributed by atoms with Crippen molar-refractivity contribution in [3.05, 3.63) is 34.9 Å². The van der Waals surface area contributed by atoms with Gasteiger partial charge >= 0.3 is 0 Å². The van der Waals surface area contributed by atoms with E-state index in [0.29, 0.717) is 24.3 Å². The molecular weight excluding hydrogens is 258 g/mol. The molecule has 2 nitrogen and oxygen atoms in total. The second kappa shape index (κ2) is 5.82. The molecule has 4 unspecified atom stereocenters. The molecule has 2 aliphatic heterocycles. The van der Waals surface area contributed by atoms with E-state index in [4.69, 9.17) is 16.3 Å². The zero-order chi connectivity index (χ0) is 13.2. The summed E-state index contributed by atoms with van der Waals surface area (Å²) in [6.07, 6.45) is 6.95. The molecule has 1 aromatic rings. The van der Waals surface area contributed by atoms with E-state index in [1.807, 2.05) is 12.1 Å². The van der Waals surface area contributed by atoms with Crippen LogP contribution in [-0.2, 0) is 4.74 Å². The number of rotatable bonds is 5. The fourth-order valence-corrected chi connectivity index (χ4v) is 3.53. The third-order valence-corrected chi connectivity index (χ3v) is 4.62. The smallest absolute Gasteiger partial charge is 0.0733 e. The summed E-state index contributed by atoms with van der Waals surface area (Å²) in [4.78, 5) is 0. The Balaban J connectivity index is 1.68. The van der Waals surface area contributed by atoms with Gasteiger partial charge in [-0.2, -0.15) is 0 Å². The molecule has 1 N–H and O–H groups in total. The Morgan fingerprint density at radius 3 is 2.68 bits per heavy atom. The van der Waals surface area contributed by atoms with Crippen LogP contribution in [0.2, 0.25) is 5.02 Å². The van der Waals surface area contributed by atoms with Crippen molar-refractivity contribution in [3.8, 4) is 0 Å². The molecule has 2 heterocycles. The third kappa shape index (κ3) is 2.96. The van der Waals surface area contributed by atoms with Crippen LogP contribution < -0.4 is 5.32 Å². The number of nitrogens with one attached hydrogen (secondary N) is 1. The normalized spacial score (nSPS) is 30.7. The lowest BCUT2D eigenvalue weighted by Gasteiger charge is -2.27. The lowest BCUT2D eigenvalue weighted by atomic mass is 9.93. The van der Waals surface area contributed by atoms with E-state index in [2.05, 4.69) is 24.4 Å². The van der Waals surface area contributed by atoms with Crippen molar-refractivity contribution in [1.82, 2.24) is 5.32 Å². The van der Waals surface area contributed by atoms with E-state index in [0.717, 1.165) is 11.4 Å². The predicted octanol–water partition coefficient (Wildman–Crippen LogP) is 4.09. The van der Waals surface area contributed by atoms with E-state index in [-0.39, 0.29) is 0 Å². The molecule has 104 valence electrons. The van der Waals surface area contributed by atoms with Gasteiger partial charge in [0.25, 0.3) is 0 Å². The summed E-state index contributed by atoms with van der Waals surface area (Å²) in [5.74, 6) is 0. The van der Waals surface area contributed by atoms with Gasteiger partial charge in [0, 0.05) is 17.1 Å². The third-order valence-electron chi connectivity index (χ3n) is 4.37. The average Bonchev–Trinajstić information content (AvgIpc) is 3.01. The molecule has 4 atom stereocenters. The first-order valence-electron chi connectivity index (χ1n) is 7.43. The molecule has 3 heteroatoms. The summed E-state index contributed by atoms with van der Waals surface area (Å²) in [6, 6.07) is 9.21. The molecule has 2 bridgehead atoms. The fraction of sp³-hybridized carbons (Fsp3) is 0.625. The van der Waals surface area contributed by atoms with Gasteiger partial charge in [-0.3, -0.25) is 0 Å². The average molecular weight is 280 g/mol. The number of hydrogen-bond donors (Lipinski definition) is 1. The van der Waals surface area contributed by atoms with Crippen LogP contribution in [0.1, 0.15) is 50.6 Å². The maximum atomic E-state index is 5.97. The second-order valence-electron chi connectivity index (χ2n) is 5.78. The first kappa shape index (κ1) is 13.4.